The molecule has 26 heavy (non-hydrogen) atoms. The Kier molecular flexibility index (Phi) is 5.41. The van der Waals surface area contributed by atoms with Gasteiger partial charge in [-0.25, -0.2) is 0 Å². The van der Waals surface area contributed by atoms with Crippen molar-refractivity contribution in [3.8, 4) is 11.5 Å². The smallest absolute Gasteiger partial charge is 0.239 e. The predicted molar refractivity (Wildman–Crippen MR) is 96.7 cm³/mol. The monoisotopic (exact) mass is 354 g/mol. The molecule has 0 atom stereocenters. The second-order valence-electron chi connectivity index (χ2n) is 6.33. The lowest BCUT2D eigenvalue weighted by molar-refractivity contribution is -0.135. The minimum absolute atomic E-state index is 0.00956. The number of nitrogens with one attached hydrogen (secondary N) is 1. The number of benzene rings is 2. The maximum absolute atomic E-state index is 12.2. The Bertz CT molecular complexity index is 802. The van der Waals surface area contributed by atoms with Crippen molar-refractivity contribution in [3.05, 3.63) is 59.2 Å². The van der Waals surface area contributed by atoms with Gasteiger partial charge in [0, 0.05) is 20.0 Å². The van der Waals surface area contributed by atoms with Crippen molar-refractivity contribution >= 4 is 11.8 Å². The average molecular weight is 354 g/mol. The molecule has 0 saturated heterocycles. The van der Waals surface area contributed by atoms with Gasteiger partial charge in [0.25, 0.3) is 0 Å². The van der Waals surface area contributed by atoms with Crippen LogP contribution in [0.15, 0.2) is 42.5 Å². The predicted octanol–water partition coefficient (Wildman–Crippen LogP) is 2.39. The van der Waals surface area contributed by atoms with Crippen LogP contribution >= 0.6 is 0 Å². The molecular weight excluding hydrogens is 332 g/mol. The number of carbonyl (C=O) groups is 2. The van der Waals surface area contributed by atoms with Crippen LogP contribution in [0.1, 0.15) is 23.6 Å². The maximum atomic E-state index is 12.2. The van der Waals surface area contributed by atoms with Gasteiger partial charge in [0.1, 0.15) is 0 Å². The molecule has 3 rings (SSSR count). The van der Waals surface area contributed by atoms with Crippen molar-refractivity contribution in [1.82, 2.24) is 10.2 Å². The molecule has 6 heteroatoms. The van der Waals surface area contributed by atoms with E-state index in [-0.39, 0.29) is 25.2 Å². The topological polar surface area (TPSA) is 67.9 Å². The van der Waals surface area contributed by atoms with Gasteiger partial charge in [0.15, 0.2) is 11.5 Å². The lowest BCUT2D eigenvalue weighted by Crippen LogP contribution is -2.39. The van der Waals surface area contributed by atoms with E-state index in [1.54, 1.807) is 0 Å². The fraction of sp³-hybridized carbons (Fsp3) is 0.300. The number of aryl methyl sites for hydroxylation is 1. The summed E-state index contributed by atoms with van der Waals surface area (Å²) >= 11 is 0. The number of ether oxygens (including phenoxy) is 2. The molecule has 1 N–H and O–H groups in total. The number of nitrogens with zero attached hydrogens (tertiary/aromatic N) is 1. The zero-order valence-corrected chi connectivity index (χ0v) is 15.0. The van der Waals surface area contributed by atoms with Gasteiger partial charge >= 0.3 is 0 Å². The zero-order chi connectivity index (χ0) is 18.5. The van der Waals surface area contributed by atoms with Gasteiger partial charge in [0.05, 0.1) is 6.54 Å². The first-order chi connectivity index (χ1) is 12.5. The highest BCUT2D eigenvalue weighted by Crippen LogP contribution is 2.32. The van der Waals surface area contributed by atoms with E-state index in [0.29, 0.717) is 24.6 Å². The quantitative estimate of drug-likeness (QED) is 0.865. The molecule has 0 bridgehead atoms. The standard InChI is InChI=1S/C20H22N2O4/c1-14-3-5-16(6-4-14)10-21-20(24)12-22(15(2)23)11-17-7-8-18-19(9-17)26-13-25-18/h3-9H,10-13H2,1-2H3,(H,21,24). The summed E-state index contributed by atoms with van der Waals surface area (Å²) in [4.78, 5) is 25.6. The lowest BCUT2D eigenvalue weighted by Gasteiger charge is -2.21. The Morgan fingerprint density at radius 3 is 2.46 bits per heavy atom. The second kappa shape index (κ2) is 7.91. The van der Waals surface area contributed by atoms with Crippen LogP contribution in [-0.4, -0.2) is 30.1 Å². The Balaban J connectivity index is 1.56. The van der Waals surface area contributed by atoms with Crippen molar-refractivity contribution in [2.75, 3.05) is 13.3 Å². The molecule has 136 valence electrons. The van der Waals surface area contributed by atoms with Gasteiger partial charge in [-0.3, -0.25) is 9.59 Å². The van der Waals surface area contributed by atoms with Crippen LogP contribution in [0.2, 0.25) is 0 Å². The molecule has 0 spiro atoms. The van der Waals surface area contributed by atoms with Gasteiger partial charge in [0.2, 0.25) is 18.6 Å². The number of fused-ring (bicyclic) bond motifs is 1. The van der Waals surface area contributed by atoms with Gasteiger partial charge < -0.3 is 19.7 Å². The van der Waals surface area contributed by atoms with Gasteiger partial charge in [-0.15, -0.1) is 0 Å². The molecule has 1 heterocycles. The van der Waals surface area contributed by atoms with Crippen LogP contribution < -0.4 is 14.8 Å². The van der Waals surface area contributed by atoms with E-state index < -0.39 is 0 Å². The third-order valence-corrected chi connectivity index (χ3v) is 4.20. The van der Waals surface area contributed by atoms with E-state index in [1.807, 2.05) is 49.4 Å². The van der Waals surface area contributed by atoms with E-state index in [4.69, 9.17) is 9.47 Å². The van der Waals surface area contributed by atoms with Crippen LogP contribution in [0.3, 0.4) is 0 Å². The van der Waals surface area contributed by atoms with E-state index in [1.165, 1.54) is 17.4 Å². The Morgan fingerprint density at radius 1 is 1.04 bits per heavy atom. The summed E-state index contributed by atoms with van der Waals surface area (Å²) in [6.45, 7) is 4.47. The SMILES string of the molecule is CC(=O)N(CC(=O)NCc1ccc(C)cc1)Cc1ccc2c(c1)OCO2. The molecule has 0 radical (unpaired) electrons. The van der Waals surface area contributed by atoms with Crippen molar-refractivity contribution in [1.29, 1.82) is 0 Å². The highest BCUT2D eigenvalue weighted by Gasteiger charge is 2.17. The second-order valence-corrected chi connectivity index (χ2v) is 6.33. The third-order valence-electron chi connectivity index (χ3n) is 4.20. The summed E-state index contributed by atoms with van der Waals surface area (Å²) in [5, 5.41) is 2.85. The number of amides is 2. The van der Waals surface area contributed by atoms with Crippen molar-refractivity contribution < 1.29 is 19.1 Å². The summed E-state index contributed by atoms with van der Waals surface area (Å²) in [5.41, 5.74) is 3.08. The molecule has 0 fully saturated rings. The molecule has 6 nitrogen and oxygen atoms in total. The van der Waals surface area contributed by atoms with Gasteiger partial charge in [-0.2, -0.15) is 0 Å². The summed E-state index contributed by atoms with van der Waals surface area (Å²) in [7, 11) is 0. The maximum Gasteiger partial charge on any atom is 0.239 e. The zero-order valence-electron chi connectivity index (χ0n) is 15.0. The summed E-state index contributed by atoms with van der Waals surface area (Å²) in [6, 6.07) is 13.5. The highest BCUT2D eigenvalue weighted by molar-refractivity contribution is 5.83. The molecule has 0 aromatic heterocycles. The van der Waals surface area contributed by atoms with Crippen molar-refractivity contribution in [2.45, 2.75) is 26.9 Å². The average Bonchev–Trinajstić information content (AvgIpc) is 3.08. The molecule has 0 unspecified atom stereocenters. The molecule has 2 aromatic rings. The summed E-state index contributed by atoms with van der Waals surface area (Å²) in [6.07, 6.45) is 0. The molecule has 1 aliphatic heterocycles. The first-order valence-corrected chi connectivity index (χ1v) is 8.47. The van der Waals surface area contributed by atoms with Crippen LogP contribution in [0.25, 0.3) is 0 Å². The van der Waals surface area contributed by atoms with E-state index in [9.17, 15) is 9.59 Å². The number of hydrogen-bond donors (Lipinski definition) is 1. The van der Waals surface area contributed by atoms with Crippen molar-refractivity contribution in [2.24, 2.45) is 0 Å². The van der Waals surface area contributed by atoms with Crippen molar-refractivity contribution in [3.63, 3.8) is 0 Å². The largest absolute Gasteiger partial charge is 0.454 e. The third kappa shape index (κ3) is 4.53. The van der Waals surface area contributed by atoms with Crippen LogP contribution in [0, 0.1) is 6.92 Å². The fourth-order valence-electron chi connectivity index (χ4n) is 2.67. The highest BCUT2D eigenvalue weighted by atomic mass is 16.7. The molecule has 2 aromatic carbocycles. The summed E-state index contributed by atoms with van der Waals surface area (Å²) in [5.74, 6) is 1.00. The van der Waals surface area contributed by atoms with Crippen LogP contribution in [0.5, 0.6) is 11.5 Å². The van der Waals surface area contributed by atoms with Crippen LogP contribution in [-0.2, 0) is 22.7 Å². The van der Waals surface area contributed by atoms with Crippen LogP contribution in [0.4, 0.5) is 0 Å². The molecular formula is C20H22N2O4. The minimum atomic E-state index is -0.193. The first kappa shape index (κ1) is 17.8. The number of rotatable bonds is 6. The summed E-state index contributed by atoms with van der Waals surface area (Å²) < 4.78 is 10.6. The Hall–Kier alpha value is -3.02. The molecule has 0 saturated carbocycles. The van der Waals surface area contributed by atoms with E-state index >= 15 is 0 Å². The number of carbonyl (C=O) groups excluding carboxylic acids is 2. The lowest BCUT2D eigenvalue weighted by atomic mass is 10.1. The first-order valence-electron chi connectivity index (χ1n) is 8.47. The normalized spacial score (nSPS) is 11.9. The number of hydrogen-bond acceptors (Lipinski definition) is 4. The Morgan fingerprint density at radius 2 is 1.73 bits per heavy atom. The molecule has 1 aliphatic rings. The molecule has 0 aliphatic carbocycles. The van der Waals surface area contributed by atoms with Gasteiger partial charge in [-0.05, 0) is 30.2 Å². The van der Waals surface area contributed by atoms with E-state index in [0.717, 1.165) is 11.1 Å². The minimum Gasteiger partial charge on any atom is -0.454 e. The van der Waals surface area contributed by atoms with E-state index in [2.05, 4.69) is 5.32 Å². The fourth-order valence-corrected chi connectivity index (χ4v) is 2.67. The Labute approximate surface area is 152 Å². The van der Waals surface area contributed by atoms with Gasteiger partial charge in [-0.1, -0.05) is 35.9 Å². The molecule has 2 amide bonds.